The van der Waals surface area contributed by atoms with Gasteiger partial charge in [0.2, 0.25) is 0 Å². The van der Waals surface area contributed by atoms with Crippen LogP contribution in [0.1, 0.15) is 12.8 Å². The molecule has 0 aromatic heterocycles. The molecule has 2 N–H and O–H groups in total. The summed E-state index contributed by atoms with van der Waals surface area (Å²) in [5, 5.41) is 24.8. The first kappa shape index (κ1) is 29.7. The van der Waals surface area contributed by atoms with Crippen molar-refractivity contribution in [3.8, 4) is 22.6 Å². The first-order valence-electron chi connectivity index (χ1n) is 14.4. The van der Waals surface area contributed by atoms with Gasteiger partial charge in [-0.25, -0.2) is 0 Å². The zero-order chi connectivity index (χ0) is 28.5. The van der Waals surface area contributed by atoms with Crippen molar-refractivity contribution < 1.29 is 31.9 Å². The van der Waals surface area contributed by atoms with Gasteiger partial charge in [0.25, 0.3) is 0 Å². The molecule has 43 heavy (non-hydrogen) atoms. The minimum absolute atomic E-state index is 0. The number of fused-ring (bicyclic) bond motifs is 4. The molecule has 3 heteroatoms. The van der Waals surface area contributed by atoms with Crippen LogP contribution in [0.3, 0.4) is 0 Å². The fraction of sp³-hybridized carbons (Fsp3) is 0.0500. The molecule has 2 fully saturated rings. The molecule has 2 nitrogen and oxygen atoms in total. The second-order valence-electron chi connectivity index (χ2n) is 10.8. The molecule has 8 rings (SSSR count). The molecule has 0 saturated heterocycles. The van der Waals surface area contributed by atoms with Gasteiger partial charge in [-0.2, -0.15) is 0 Å². The number of hydrogen-bond donors (Lipinski definition) is 2. The van der Waals surface area contributed by atoms with Crippen molar-refractivity contribution >= 4 is 21.5 Å². The molecule has 0 bridgehead atoms. The predicted octanol–water partition coefficient (Wildman–Crippen LogP) is 9.38. The van der Waals surface area contributed by atoms with E-state index < -0.39 is 0 Å². The number of phenolic OH excluding ortho intramolecular Hbond substituents is 2. The summed E-state index contributed by atoms with van der Waals surface area (Å²) in [6.07, 6.45) is 28.5. The number of hydrogen-bond acceptors (Lipinski definition) is 2. The summed E-state index contributed by atoms with van der Waals surface area (Å²) in [4.78, 5) is 0. The smallest absolute Gasteiger partial charge is 0.507 e. The van der Waals surface area contributed by atoms with Crippen molar-refractivity contribution in [1.29, 1.82) is 0 Å². The molecule has 0 amide bonds. The molecule has 0 unspecified atom stereocenters. The molecule has 4 aliphatic carbocycles. The zero-order valence-corrected chi connectivity index (χ0v) is 25.2. The van der Waals surface area contributed by atoms with Crippen molar-refractivity contribution in [3.63, 3.8) is 0 Å². The van der Waals surface area contributed by atoms with Gasteiger partial charge in [0.05, 0.1) is 0 Å². The summed E-state index contributed by atoms with van der Waals surface area (Å²) in [5.41, 5.74) is 1.35. The SMILES string of the molecule is Oc1ccc2ccccc2c1-c1c(O)ccc2ccccc12.[CH]1[CH][C](CC[C]2[CH][CH][C]3C=CC=C[C]32)[C]2C=CC=C[C]12.[Ti+2]. The number of aromatic hydroxyl groups is 2. The van der Waals surface area contributed by atoms with Crippen molar-refractivity contribution in [2.45, 2.75) is 12.8 Å². The van der Waals surface area contributed by atoms with Gasteiger partial charge < -0.3 is 10.2 Å². The normalized spacial score (nSPS) is 19.0. The Morgan fingerprint density at radius 3 is 1.33 bits per heavy atom. The maximum absolute atomic E-state index is 10.4. The summed E-state index contributed by atoms with van der Waals surface area (Å²) in [6, 6.07) is 22.9. The van der Waals surface area contributed by atoms with Crippen LogP contribution in [0.4, 0.5) is 0 Å². The number of rotatable bonds is 4. The van der Waals surface area contributed by atoms with Crippen LogP contribution in [0, 0.1) is 61.2 Å². The van der Waals surface area contributed by atoms with Crippen molar-refractivity contribution in [1.82, 2.24) is 0 Å². The van der Waals surface area contributed by atoms with E-state index in [2.05, 4.69) is 74.3 Å². The second kappa shape index (κ2) is 13.1. The standard InChI is InChI=1S/C20H14O2.C20H16.Ti/c21-17-11-9-13-5-1-3-7-15(13)19(17)20-16-8-4-2-6-14(16)10-12-18(20)22;1-3-7-19-15(5-1)9-11-17(19)13-14-18-12-10-16-6-2-4-8-20(16)18;/h1-12,21-22H;1-12H,13-14H2;/q;;+2. The Hall–Kier alpha value is -3.33. The molecule has 4 aromatic carbocycles. The summed E-state index contributed by atoms with van der Waals surface area (Å²) in [7, 11) is 0. The van der Waals surface area contributed by atoms with Gasteiger partial charge in [-0.3, -0.25) is 0 Å². The van der Waals surface area contributed by atoms with E-state index in [-0.39, 0.29) is 33.2 Å². The van der Waals surface area contributed by atoms with Crippen LogP contribution in [-0.2, 0) is 21.7 Å². The summed E-state index contributed by atoms with van der Waals surface area (Å²) in [6.45, 7) is 0. The topological polar surface area (TPSA) is 40.5 Å². The Morgan fingerprint density at radius 2 is 0.860 bits per heavy atom. The van der Waals surface area contributed by atoms with E-state index in [9.17, 15) is 10.2 Å². The second-order valence-corrected chi connectivity index (χ2v) is 10.8. The zero-order valence-electron chi connectivity index (χ0n) is 23.7. The van der Waals surface area contributed by atoms with Crippen molar-refractivity contribution in [2.24, 2.45) is 0 Å². The van der Waals surface area contributed by atoms with Crippen LogP contribution in [0.15, 0.2) is 121 Å². The molecule has 2 saturated carbocycles. The van der Waals surface area contributed by atoms with E-state index in [1.54, 1.807) is 12.1 Å². The molecule has 0 heterocycles. The third-order valence-electron chi connectivity index (χ3n) is 8.27. The third-order valence-corrected chi connectivity index (χ3v) is 8.27. The quantitative estimate of drug-likeness (QED) is 0.233. The largest absolute Gasteiger partial charge is 2.00 e. The molecular formula is C40H30O2Ti+2. The Morgan fingerprint density at radius 1 is 0.442 bits per heavy atom. The van der Waals surface area contributed by atoms with Crippen LogP contribution in [0.25, 0.3) is 32.7 Å². The molecule has 4 aliphatic rings. The van der Waals surface area contributed by atoms with Crippen LogP contribution >= 0.6 is 0 Å². The van der Waals surface area contributed by atoms with Crippen LogP contribution in [-0.4, -0.2) is 10.2 Å². The van der Waals surface area contributed by atoms with Gasteiger partial charge >= 0.3 is 21.7 Å². The van der Waals surface area contributed by atoms with E-state index >= 15 is 0 Å². The Balaban J connectivity index is 0.000000150. The summed E-state index contributed by atoms with van der Waals surface area (Å²) in [5.74, 6) is 8.80. The molecular weight excluding hydrogens is 560 g/mol. The van der Waals surface area contributed by atoms with E-state index in [0.29, 0.717) is 11.1 Å². The fourth-order valence-electron chi connectivity index (χ4n) is 6.18. The first-order chi connectivity index (χ1) is 20.7. The van der Waals surface area contributed by atoms with Crippen molar-refractivity contribution in [2.75, 3.05) is 0 Å². The van der Waals surface area contributed by atoms with Crippen LogP contribution in [0.2, 0.25) is 0 Å². The van der Waals surface area contributed by atoms with Crippen molar-refractivity contribution in [3.05, 3.63) is 183 Å². The predicted molar refractivity (Wildman–Crippen MR) is 173 cm³/mol. The molecule has 0 spiro atoms. The third kappa shape index (κ3) is 5.93. The Bertz CT molecular complexity index is 1590. The number of allylic oxidation sites excluding steroid dienone is 8. The van der Waals surface area contributed by atoms with Crippen LogP contribution in [0.5, 0.6) is 11.5 Å². The molecule has 4 aromatic rings. The maximum Gasteiger partial charge on any atom is 2.00 e. The Labute approximate surface area is 270 Å². The number of phenols is 2. The summed E-state index contributed by atoms with van der Waals surface area (Å²) >= 11 is 0. The van der Waals surface area contributed by atoms with E-state index in [0.717, 1.165) is 34.4 Å². The minimum atomic E-state index is 0. The maximum atomic E-state index is 10.4. The molecule has 10 radical (unpaired) electrons. The number of benzene rings is 4. The monoisotopic (exact) mass is 590 g/mol. The van der Waals surface area contributed by atoms with Gasteiger partial charge in [-0.15, -0.1) is 0 Å². The van der Waals surface area contributed by atoms with Gasteiger partial charge in [-0.05, 0) is 84.0 Å². The fourth-order valence-corrected chi connectivity index (χ4v) is 6.18. The molecule has 0 atom stereocenters. The van der Waals surface area contributed by atoms with Gasteiger partial charge in [0.15, 0.2) is 0 Å². The van der Waals surface area contributed by atoms with E-state index in [4.69, 9.17) is 0 Å². The van der Waals surface area contributed by atoms with E-state index in [1.165, 1.54) is 35.5 Å². The first-order valence-corrected chi connectivity index (χ1v) is 14.4. The van der Waals surface area contributed by atoms with Gasteiger partial charge in [0.1, 0.15) is 11.5 Å². The van der Waals surface area contributed by atoms with Gasteiger partial charge in [0, 0.05) is 34.8 Å². The van der Waals surface area contributed by atoms with Crippen LogP contribution < -0.4 is 0 Å². The van der Waals surface area contributed by atoms with E-state index in [1.807, 2.05) is 60.7 Å². The minimum Gasteiger partial charge on any atom is -0.507 e. The Kier molecular flexibility index (Phi) is 9.07. The average molecular weight is 591 g/mol. The van der Waals surface area contributed by atoms with Gasteiger partial charge in [-0.1, -0.05) is 109 Å². The molecule has 204 valence electrons. The average Bonchev–Trinajstić information content (AvgIpc) is 3.65. The summed E-state index contributed by atoms with van der Waals surface area (Å²) < 4.78 is 0. The molecule has 0 aliphatic heterocycles.